The average molecular weight is 422 g/mol. The molecule has 1 aromatic carbocycles. The number of nitro benzene ring substituents is 1. The van der Waals surface area contributed by atoms with Crippen LogP contribution in [0.5, 0.6) is 0 Å². The van der Waals surface area contributed by atoms with Crippen LogP contribution in [-0.2, 0) is 11.3 Å². The SMILES string of the molecule is CCOCCCNC(=NC)NCc1cccc([N+](=O)[O-])c1.I. The van der Waals surface area contributed by atoms with E-state index in [-0.39, 0.29) is 29.7 Å². The summed E-state index contributed by atoms with van der Waals surface area (Å²) in [5.41, 5.74) is 0.926. The number of ether oxygens (including phenoxy) is 1. The number of nitro groups is 1. The number of nitrogens with one attached hydrogen (secondary N) is 2. The van der Waals surface area contributed by atoms with Gasteiger partial charge in [-0.1, -0.05) is 12.1 Å². The van der Waals surface area contributed by atoms with Crippen LogP contribution in [0.2, 0.25) is 0 Å². The van der Waals surface area contributed by atoms with Crippen molar-refractivity contribution >= 4 is 35.6 Å². The molecular formula is C14H23IN4O3. The summed E-state index contributed by atoms with van der Waals surface area (Å²) in [6.45, 7) is 4.64. The van der Waals surface area contributed by atoms with Crippen molar-refractivity contribution in [3.8, 4) is 0 Å². The summed E-state index contributed by atoms with van der Waals surface area (Å²) in [6, 6.07) is 6.54. The maximum Gasteiger partial charge on any atom is 0.269 e. The Balaban J connectivity index is 0.00000441. The Kier molecular flexibility index (Phi) is 11.4. The molecule has 0 radical (unpaired) electrons. The van der Waals surface area contributed by atoms with Crippen molar-refractivity contribution in [1.29, 1.82) is 0 Å². The molecule has 124 valence electrons. The topological polar surface area (TPSA) is 88.8 Å². The van der Waals surface area contributed by atoms with Crippen molar-refractivity contribution < 1.29 is 9.66 Å². The Bertz CT molecular complexity index is 483. The lowest BCUT2D eigenvalue weighted by Crippen LogP contribution is -2.37. The second-order valence-corrected chi connectivity index (χ2v) is 4.33. The van der Waals surface area contributed by atoms with Crippen LogP contribution in [0.15, 0.2) is 29.3 Å². The van der Waals surface area contributed by atoms with Crippen LogP contribution in [0.4, 0.5) is 5.69 Å². The standard InChI is InChI=1S/C14H22N4O3.HI/c1-3-21-9-5-8-16-14(15-2)17-11-12-6-4-7-13(10-12)18(19)20;/h4,6-7,10H,3,5,8-9,11H2,1-2H3,(H2,15,16,17);1H. The van der Waals surface area contributed by atoms with E-state index in [1.54, 1.807) is 19.2 Å². The number of guanidine groups is 1. The Labute approximate surface area is 147 Å². The molecule has 0 aliphatic carbocycles. The molecule has 0 atom stereocenters. The molecule has 0 spiro atoms. The number of nitrogens with zero attached hydrogens (tertiary/aromatic N) is 2. The Morgan fingerprint density at radius 1 is 1.41 bits per heavy atom. The maximum atomic E-state index is 10.7. The van der Waals surface area contributed by atoms with E-state index < -0.39 is 4.92 Å². The monoisotopic (exact) mass is 422 g/mol. The highest BCUT2D eigenvalue weighted by molar-refractivity contribution is 14.0. The van der Waals surface area contributed by atoms with Gasteiger partial charge in [-0.25, -0.2) is 0 Å². The zero-order chi connectivity index (χ0) is 15.5. The normalized spacial score (nSPS) is 10.7. The van der Waals surface area contributed by atoms with Crippen LogP contribution in [0.1, 0.15) is 18.9 Å². The predicted molar refractivity (Wildman–Crippen MR) is 97.8 cm³/mol. The molecule has 0 amide bonds. The molecule has 0 bridgehead atoms. The highest BCUT2D eigenvalue weighted by Crippen LogP contribution is 2.12. The minimum absolute atomic E-state index is 0. The molecule has 0 heterocycles. The molecule has 0 aromatic heterocycles. The number of halogens is 1. The first kappa shape index (κ1) is 20.6. The van der Waals surface area contributed by atoms with Crippen molar-refractivity contribution in [2.45, 2.75) is 19.9 Å². The number of aliphatic imine (C=N–C) groups is 1. The zero-order valence-electron chi connectivity index (χ0n) is 12.9. The van der Waals surface area contributed by atoms with E-state index in [1.807, 2.05) is 13.0 Å². The van der Waals surface area contributed by atoms with Crippen molar-refractivity contribution in [2.24, 2.45) is 4.99 Å². The van der Waals surface area contributed by atoms with Crippen molar-refractivity contribution in [3.05, 3.63) is 39.9 Å². The minimum atomic E-state index is -0.399. The maximum absolute atomic E-state index is 10.7. The van der Waals surface area contributed by atoms with E-state index in [0.29, 0.717) is 19.1 Å². The summed E-state index contributed by atoms with van der Waals surface area (Å²) in [6.07, 6.45) is 0.894. The minimum Gasteiger partial charge on any atom is -0.382 e. The van der Waals surface area contributed by atoms with Gasteiger partial charge in [-0.3, -0.25) is 15.1 Å². The van der Waals surface area contributed by atoms with Gasteiger partial charge in [0.15, 0.2) is 5.96 Å². The van der Waals surface area contributed by atoms with Gasteiger partial charge in [-0.15, -0.1) is 24.0 Å². The van der Waals surface area contributed by atoms with Gasteiger partial charge in [-0.05, 0) is 18.9 Å². The molecule has 0 unspecified atom stereocenters. The molecule has 22 heavy (non-hydrogen) atoms. The molecule has 0 aliphatic heterocycles. The van der Waals surface area contributed by atoms with Gasteiger partial charge in [-0.2, -0.15) is 0 Å². The van der Waals surface area contributed by atoms with Crippen LogP contribution in [0.3, 0.4) is 0 Å². The third kappa shape index (κ3) is 8.13. The first-order valence-electron chi connectivity index (χ1n) is 6.93. The van der Waals surface area contributed by atoms with Gasteiger partial charge >= 0.3 is 0 Å². The smallest absolute Gasteiger partial charge is 0.269 e. The van der Waals surface area contributed by atoms with E-state index in [1.165, 1.54) is 6.07 Å². The van der Waals surface area contributed by atoms with Crippen molar-refractivity contribution in [1.82, 2.24) is 10.6 Å². The van der Waals surface area contributed by atoms with E-state index in [0.717, 1.165) is 25.1 Å². The largest absolute Gasteiger partial charge is 0.382 e. The number of non-ortho nitro benzene ring substituents is 1. The van der Waals surface area contributed by atoms with E-state index in [9.17, 15) is 10.1 Å². The van der Waals surface area contributed by atoms with Crippen molar-refractivity contribution in [3.63, 3.8) is 0 Å². The number of rotatable bonds is 8. The Hall–Kier alpha value is -1.42. The lowest BCUT2D eigenvalue weighted by atomic mass is 10.2. The Morgan fingerprint density at radius 2 is 2.18 bits per heavy atom. The lowest BCUT2D eigenvalue weighted by molar-refractivity contribution is -0.384. The van der Waals surface area contributed by atoms with E-state index in [4.69, 9.17) is 4.74 Å². The summed E-state index contributed by atoms with van der Waals surface area (Å²) in [5.74, 6) is 0.665. The second-order valence-electron chi connectivity index (χ2n) is 4.33. The fraction of sp³-hybridized carbons (Fsp3) is 0.500. The first-order chi connectivity index (χ1) is 10.2. The summed E-state index contributed by atoms with van der Waals surface area (Å²) in [7, 11) is 1.69. The fourth-order valence-corrected chi connectivity index (χ4v) is 1.71. The zero-order valence-corrected chi connectivity index (χ0v) is 15.2. The molecule has 8 heteroatoms. The molecule has 0 fully saturated rings. The summed E-state index contributed by atoms with van der Waals surface area (Å²) in [5, 5.41) is 17.0. The van der Waals surface area contributed by atoms with Crippen LogP contribution in [-0.4, -0.2) is 37.7 Å². The average Bonchev–Trinajstić information content (AvgIpc) is 2.50. The molecule has 0 saturated heterocycles. The van der Waals surface area contributed by atoms with E-state index in [2.05, 4.69) is 15.6 Å². The Morgan fingerprint density at radius 3 is 2.82 bits per heavy atom. The summed E-state index contributed by atoms with van der Waals surface area (Å²) < 4.78 is 5.25. The van der Waals surface area contributed by atoms with Gasteiger partial charge in [0, 0.05) is 45.5 Å². The van der Waals surface area contributed by atoms with Gasteiger partial charge < -0.3 is 15.4 Å². The lowest BCUT2D eigenvalue weighted by Gasteiger charge is -2.11. The quantitative estimate of drug-likeness (QED) is 0.168. The van der Waals surface area contributed by atoms with Crippen LogP contribution in [0, 0.1) is 10.1 Å². The number of hydrogen-bond acceptors (Lipinski definition) is 4. The molecule has 0 aliphatic rings. The second kappa shape index (κ2) is 12.2. The van der Waals surface area contributed by atoms with Crippen molar-refractivity contribution in [2.75, 3.05) is 26.8 Å². The molecule has 1 aromatic rings. The number of hydrogen-bond donors (Lipinski definition) is 2. The van der Waals surface area contributed by atoms with Gasteiger partial charge in [0.1, 0.15) is 0 Å². The fourth-order valence-electron chi connectivity index (χ4n) is 1.71. The first-order valence-corrected chi connectivity index (χ1v) is 6.93. The third-order valence-electron chi connectivity index (χ3n) is 2.77. The molecular weight excluding hydrogens is 399 g/mol. The highest BCUT2D eigenvalue weighted by atomic mass is 127. The number of benzene rings is 1. The van der Waals surface area contributed by atoms with Gasteiger partial charge in [0.05, 0.1) is 4.92 Å². The predicted octanol–water partition coefficient (Wildman–Crippen LogP) is 2.30. The molecule has 2 N–H and O–H groups in total. The summed E-state index contributed by atoms with van der Waals surface area (Å²) in [4.78, 5) is 14.4. The van der Waals surface area contributed by atoms with Crippen LogP contribution < -0.4 is 10.6 Å². The third-order valence-corrected chi connectivity index (χ3v) is 2.77. The molecule has 7 nitrogen and oxygen atoms in total. The van der Waals surface area contributed by atoms with Gasteiger partial charge in [0.2, 0.25) is 0 Å². The summed E-state index contributed by atoms with van der Waals surface area (Å²) >= 11 is 0. The molecule has 0 saturated carbocycles. The van der Waals surface area contributed by atoms with Crippen LogP contribution in [0.25, 0.3) is 0 Å². The molecule has 1 rings (SSSR count). The van der Waals surface area contributed by atoms with Crippen LogP contribution >= 0.6 is 24.0 Å². The van der Waals surface area contributed by atoms with E-state index >= 15 is 0 Å². The van der Waals surface area contributed by atoms with Gasteiger partial charge in [0.25, 0.3) is 5.69 Å². The highest BCUT2D eigenvalue weighted by Gasteiger charge is 2.05.